The maximum atomic E-state index is 13.3. The lowest BCUT2D eigenvalue weighted by Gasteiger charge is -2.35. The van der Waals surface area contributed by atoms with E-state index in [0.29, 0.717) is 35.2 Å². The SMILES string of the molecule is CCCCCCC(=O)c1nc(NC(=O)c2ccc(NNC(C(C)=O)C(=O)Nc3ccc4[nH]c(=O)[nH]c4c3)cc2)nc(C(=O)CCCC[N+](CC)(CC)CC)n1. The van der Waals surface area contributed by atoms with Crippen LogP contribution in [-0.2, 0) is 9.59 Å². The minimum atomic E-state index is -1.27. The van der Waals surface area contributed by atoms with Gasteiger partial charge in [-0.15, -0.1) is 0 Å². The van der Waals surface area contributed by atoms with Crippen molar-refractivity contribution >= 4 is 57.5 Å². The number of benzene rings is 2. The molecule has 0 spiro atoms. The maximum Gasteiger partial charge on any atom is 0.323 e. The zero-order valence-electron chi connectivity index (χ0n) is 32.3. The van der Waals surface area contributed by atoms with Gasteiger partial charge >= 0.3 is 5.69 Å². The van der Waals surface area contributed by atoms with Gasteiger partial charge < -0.3 is 25.2 Å². The Labute approximate surface area is 320 Å². The number of nitrogens with one attached hydrogen (secondary N) is 6. The van der Waals surface area contributed by atoms with Crippen molar-refractivity contribution < 1.29 is 28.5 Å². The number of amides is 2. The van der Waals surface area contributed by atoms with Crippen molar-refractivity contribution in [3.05, 3.63) is 70.2 Å². The molecule has 0 aliphatic carbocycles. The highest BCUT2D eigenvalue weighted by molar-refractivity contribution is 6.10. The second-order valence-electron chi connectivity index (χ2n) is 13.6. The molecule has 2 aromatic heterocycles. The number of hydrazine groups is 1. The van der Waals surface area contributed by atoms with Crippen molar-refractivity contribution in [2.24, 2.45) is 0 Å². The quantitative estimate of drug-likeness (QED) is 0.0190. The number of fused-ring (bicyclic) bond motifs is 1. The third-order valence-corrected chi connectivity index (χ3v) is 9.88. The van der Waals surface area contributed by atoms with E-state index in [1.54, 1.807) is 30.3 Å². The zero-order valence-corrected chi connectivity index (χ0v) is 32.3. The van der Waals surface area contributed by atoms with Gasteiger partial charge in [-0.3, -0.25) is 29.3 Å². The number of rotatable bonds is 23. The van der Waals surface area contributed by atoms with E-state index in [4.69, 9.17) is 0 Å². The highest BCUT2D eigenvalue weighted by Crippen LogP contribution is 2.17. The van der Waals surface area contributed by atoms with E-state index in [9.17, 15) is 28.8 Å². The largest absolute Gasteiger partial charge is 0.324 e. The molecule has 4 rings (SSSR count). The lowest BCUT2D eigenvalue weighted by Crippen LogP contribution is -2.48. The number of hydrogen-bond donors (Lipinski definition) is 6. The van der Waals surface area contributed by atoms with Crippen LogP contribution < -0.4 is 27.2 Å². The summed E-state index contributed by atoms with van der Waals surface area (Å²) in [4.78, 5) is 94.4. The van der Waals surface area contributed by atoms with Crippen molar-refractivity contribution in [1.29, 1.82) is 0 Å². The first-order chi connectivity index (χ1) is 26.4. The van der Waals surface area contributed by atoms with Crippen molar-refractivity contribution in [2.45, 2.75) is 92.0 Å². The van der Waals surface area contributed by atoms with Crippen LogP contribution in [0.2, 0.25) is 0 Å². The van der Waals surface area contributed by atoms with Gasteiger partial charge in [0.2, 0.25) is 17.6 Å². The van der Waals surface area contributed by atoms with Crippen LogP contribution in [-0.4, -0.2) is 90.8 Å². The van der Waals surface area contributed by atoms with Crippen molar-refractivity contribution in [2.75, 3.05) is 42.2 Å². The Morgan fingerprint density at radius 2 is 1.31 bits per heavy atom. The Bertz CT molecular complexity index is 2010. The fraction of sp³-hybridized carbons (Fsp3) is 0.462. The Hall–Kier alpha value is -5.61. The van der Waals surface area contributed by atoms with Gasteiger partial charge in [0.1, 0.15) is 0 Å². The molecule has 0 bridgehead atoms. The molecule has 1 atom stereocenters. The minimum absolute atomic E-state index is 0.154. The summed E-state index contributed by atoms with van der Waals surface area (Å²) in [5, 5.41) is 5.27. The van der Waals surface area contributed by atoms with Crippen LogP contribution in [0.1, 0.15) is 118 Å². The first-order valence-corrected chi connectivity index (χ1v) is 19.0. The molecule has 16 nitrogen and oxygen atoms in total. The number of imidazole rings is 1. The van der Waals surface area contributed by atoms with E-state index in [2.05, 4.69) is 74.1 Å². The monoisotopic (exact) mass is 757 g/mol. The predicted molar refractivity (Wildman–Crippen MR) is 211 cm³/mol. The van der Waals surface area contributed by atoms with Crippen LogP contribution in [0.25, 0.3) is 11.0 Å². The van der Waals surface area contributed by atoms with Crippen LogP contribution >= 0.6 is 0 Å². The number of hydrogen-bond acceptors (Lipinski definition) is 11. The molecular weight excluding hydrogens is 704 g/mol. The molecule has 4 aromatic rings. The molecule has 6 N–H and O–H groups in total. The molecule has 0 saturated heterocycles. The van der Waals surface area contributed by atoms with Crippen LogP contribution in [0.5, 0.6) is 0 Å². The minimum Gasteiger partial charge on any atom is -0.324 e. The average molecular weight is 758 g/mol. The summed E-state index contributed by atoms with van der Waals surface area (Å²) >= 11 is 0. The lowest BCUT2D eigenvalue weighted by atomic mass is 10.1. The molecule has 0 aliphatic heterocycles. The highest BCUT2D eigenvalue weighted by atomic mass is 16.2. The van der Waals surface area contributed by atoms with Gasteiger partial charge in [0.25, 0.3) is 11.8 Å². The molecule has 2 heterocycles. The van der Waals surface area contributed by atoms with Crippen LogP contribution in [0.3, 0.4) is 0 Å². The van der Waals surface area contributed by atoms with E-state index in [-0.39, 0.29) is 53.3 Å². The number of anilines is 3. The van der Waals surface area contributed by atoms with Crippen molar-refractivity contribution in [1.82, 2.24) is 30.3 Å². The average Bonchev–Trinajstić information content (AvgIpc) is 3.56. The van der Waals surface area contributed by atoms with Gasteiger partial charge in [0, 0.05) is 29.8 Å². The van der Waals surface area contributed by atoms with Crippen LogP contribution in [0.4, 0.5) is 17.3 Å². The number of carbonyl (C=O) groups is 5. The molecule has 0 fully saturated rings. The number of ketones is 3. The molecule has 55 heavy (non-hydrogen) atoms. The van der Waals surface area contributed by atoms with Gasteiger partial charge in [0.05, 0.1) is 37.2 Å². The molecular formula is C39H53N10O6+. The third-order valence-electron chi connectivity index (χ3n) is 9.88. The molecule has 2 aromatic carbocycles. The first kappa shape index (κ1) is 42.1. The van der Waals surface area contributed by atoms with E-state index >= 15 is 0 Å². The van der Waals surface area contributed by atoms with Gasteiger partial charge in [-0.1, -0.05) is 26.2 Å². The molecule has 1 unspecified atom stereocenters. The predicted octanol–water partition coefficient (Wildman–Crippen LogP) is 5.19. The number of unbranched alkanes of at least 4 members (excludes halogenated alkanes) is 4. The van der Waals surface area contributed by atoms with Crippen LogP contribution in [0.15, 0.2) is 47.3 Å². The summed E-state index contributed by atoms with van der Waals surface area (Å²) in [5.74, 6) is -2.82. The highest BCUT2D eigenvalue weighted by Gasteiger charge is 2.24. The van der Waals surface area contributed by atoms with Gasteiger partial charge in [-0.25, -0.2) is 15.2 Å². The summed E-state index contributed by atoms with van der Waals surface area (Å²) in [7, 11) is 0. The fourth-order valence-electron chi connectivity index (χ4n) is 6.21. The maximum absolute atomic E-state index is 13.3. The normalized spacial score (nSPS) is 11.9. The number of Topliss-reactive ketones (excluding diaryl/α,β-unsaturated/α-hetero) is 3. The number of aromatic nitrogens is 5. The summed E-state index contributed by atoms with van der Waals surface area (Å²) in [6.07, 6.45) is 5.49. The number of aromatic amines is 2. The molecule has 0 saturated carbocycles. The van der Waals surface area contributed by atoms with E-state index < -0.39 is 23.6 Å². The van der Waals surface area contributed by atoms with Gasteiger partial charge in [0.15, 0.2) is 23.4 Å². The summed E-state index contributed by atoms with van der Waals surface area (Å²) < 4.78 is 0.981. The van der Waals surface area contributed by atoms with Crippen molar-refractivity contribution in [3.63, 3.8) is 0 Å². The summed E-state index contributed by atoms with van der Waals surface area (Å²) in [6.45, 7) is 13.9. The third kappa shape index (κ3) is 11.9. The topological polar surface area (TPSA) is 221 Å². The molecule has 0 radical (unpaired) electrons. The number of H-pyrrole nitrogens is 2. The molecule has 16 heteroatoms. The summed E-state index contributed by atoms with van der Waals surface area (Å²) in [5.41, 5.74) is 7.25. The number of carbonyl (C=O) groups excluding carboxylic acids is 5. The smallest absolute Gasteiger partial charge is 0.323 e. The Balaban J connectivity index is 1.40. The van der Waals surface area contributed by atoms with E-state index in [1.807, 2.05) is 0 Å². The van der Waals surface area contributed by atoms with E-state index in [1.165, 1.54) is 19.1 Å². The standard InChI is InChI=1S/C39H52N10O6/c1-6-10-11-12-15-31(51)34-43-35(32(52)16-13-14-23-49(7-2,8-3)9-4)45-38(44-34)46-36(53)26-17-19-27(20-18-26)47-48-33(25(5)50)37(54)40-28-21-22-29-30(24-28)42-39(55)41-29/h17-22,24,33H,6-16,23H2,1-5H3,(H5-,40,41,42,43,44,45,46,47,48,51,52,53,54,55)/p+1. The summed E-state index contributed by atoms with van der Waals surface area (Å²) in [6, 6.07) is 9.64. The Kier molecular flexibility index (Phi) is 15.5. The van der Waals surface area contributed by atoms with Crippen LogP contribution in [0, 0.1) is 0 Å². The number of nitrogens with zero attached hydrogens (tertiary/aromatic N) is 4. The van der Waals surface area contributed by atoms with Gasteiger partial charge in [-0.05, 0) is 89.4 Å². The van der Waals surface area contributed by atoms with Crippen molar-refractivity contribution in [3.8, 4) is 0 Å². The number of quaternary nitrogens is 1. The Morgan fingerprint density at radius 1 is 0.709 bits per heavy atom. The van der Waals surface area contributed by atoms with Gasteiger partial charge in [-0.2, -0.15) is 9.97 Å². The second-order valence-corrected chi connectivity index (χ2v) is 13.6. The molecule has 2 amide bonds. The molecule has 0 aliphatic rings. The fourth-order valence-corrected chi connectivity index (χ4v) is 6.21. The van der Waals surface area contributed by atoms with E-state index in [0.717, 1.165) is 56.3 Å². The first-order valence-electron chi connectivity index (χ1n) is 19.0. The second kappa shape index (κ2) is 20.2. The molecule has 294 valence electrons. The Morgan fingerprint density at radius 3 is 1.91 bits per heavy atom. The zero-order chi connectivity index (χ0) is 40.0. The lowest BCUT2D eigenvalue weighted by molar-refractivity contribution is -0.923.